The van der Waals surface area contributed by atoms with Crippen molar-refractivity contribution in [1.82, 2.24) is 4.90 Å². The predicted octanol–water partition coefficient (Wildman–Crippen LogP) is 3.62. The van der Waals surface area contributed by atoms with Crippen LogP contribution in [0.25, 0.3) is 0 Å². The Kier molecular flexibility index (Phi) is 5.35. The van der Waals surface area contributed by atoms with Crippen molar-refractivity contribution in [1.29, 1.82) is 0 Å². The van der Waals surface area contributed by atoms with Gasteiger partial charge in [0.25, 0.3) is 0 Å². The van der Waals surface area contributed by atoms with E-state index in [0.717, 1.165) is 13.0 Å². The lowest BCUT2D eigenvalue weighted by molar-refractivity contribution is 0.222. The minimum Gasteiger partial charge on any atom is -0.326 e. The Hall–Kier alpha value is -1.16. The van der Waals surface area contributed by atoms with Crippen LogP contribution in [0.3, 0.4) is 0 Å². The third-order valence-electron chi connectivity index (χ3n) is 3.65. The van der Waals surface area contributed by atoms with E-state index in [1.807, 2.05) is 11.3 Å². The van der Waals surface area contributed by atoms with E-state index in [-0.39, 0.29) is 12.1 Å². The summed E-state index contributed by atoms with van der Waals surface area (Å²) in [7, 11) is 2.17. The van der Waals surface area contributed by atoms with Gasteiger partial charge in [0, 0.05) is 23.5 Å². The van der Waals surface area contributed by atoms with Crippen LogP contribution in [0, 0.1) is 6.92 Å². The van der Waals surface area contributed by atoms with Crippen LogP contribution in [0.5, 0.6) is 0 Å². The Morgan fingerprint density at radius 2 is 2.05 bits per heavy atom. The number of nitrogens with zero attached hydrogens (tertiary/aromatic N) is 1. The maximum atomic E-state index is 6.23. The fourth-order valence-corrected chi connectivity index (χ4v) is 3.39. The van der Waals surface area contributed by atoms with Gasteiger partial charge in [-0.2, -0.15) is 0 Å². The van der Waals surface area contributed by atoms with Crippen LogP contribution in [0.4, 0.5) is 0 Å². The van der Waals surface area contributed by atoms with Crippen molar-refractivity contribution in [3.8, 4) is 0 Å². The lowest BCUT2D eigenvalue weighted by Crippen LogP contribution is -2.38. The summed E-state index contributed by atoms with van der Waals surface area (Å²) in [6.45, 7) is 5.25. The Balaban J connectivity index is 2.07. The smallest absolute Gasteiger partial charge is 0.0493 e. The molecule has 3 heteroatoms. The minimum atomic E-state index is 0.116. The van der Waals surface area contributed by atoms with Crippen LogP contribution in [-0.2, 0) is 6.42 Å². The van der Waals surface area contributed by atoms with Gasteiger partial charge in [0.05, 0.1) is 0 Å². The highest BCUT2D eigenvalue weighted by Crippen LogP contribution is 2.23. The van der Waals surface area contributed by atoms with Gasteiger partial charge in [-0.3, -0.25) is 4.90 Å². The van der Waals surface area contributed by atoms with Crippen molar-refractivity contribution in [3.05, 3.63) is 57.8 Å². The molecule has 0 fully saturated rings. The molecule has 0 radical (unpaired) electrons. The minimum absolute atomic E-state index is 0.116. The molecule has 20 heavy (non-hydrogen) atoms. The second-order valence-corrected chi connectivity index (χ2v) is 6.56. The molecule has 1 heterocycles. The summed E-state index contributed by atoms with van der Waals surface area (Å²) in [5.74, 6) is 0. The first-order chi connectivity index (χ1) is 9.58. The largest absolute Gasteiger partial charge is 0.326 e. The van der Waals surface area contributed by atoms with Crippen LogP contribution in [0.1, 0.15) is 29.0 Å². The lowest BCUT2D eigenvalue weighted by atomic mass is 9.98. The molecule has 0 saturated carbocycles. The number of hydrogen-bond acceptors (Lipinski definition) is 3. The molecule has 0 bridgehead atoms. The Labute approximate surface area is 126 Å². The Morgan fingerprint density at radius 1 is 1.25 bits per heavy atom. The van der Waals surface area contributed by atoms with Crippen molar-refractivity contribution >= 4 is 11.3 Å². The van der Waals surface area contributed by atoms with Gasteiger partial charge in [0.2, 0.25) is 0 Å². The Bertz CT molecular complexity index is 520. The molecule has 0 saturated heterocycles. The van der Waals surface area contributed by atoms with E-state index in [2.05, 4.69) is 67.6 Å². The second kappa shape index (κ2) is 7.02. The van der Waals surface area contributed by atoms with Crippen molar-refractivity contribution in [2.24, 2.45) is 5.73 Å². The first kappa shape index (κ1) is 15.2. The molecule has 2 atom stereocenters. The number of aryl methyl sites for hydroxylation is 1. The van der Waals surface area contributed by atoms with Crippen LogP contribution < -0.4 is 5.73 Å². The maximum absolute atomic E-state index is 6.23. The quantitative estimate of drug-likeness (QED) is 0.879. The van der Waals surface area contributed by atoms with Gasteiger partial charge in [0.1, 0.15) is 0 Å². The molecule has 0 aliphatic carbocycles. The number of hydrogen-bond donors (Lipinski definition) is 1. The third kappa shape index (κ3) is 3.92. The van der Waals surface area contributed by atoms with Gasteiger partial charge >= 0.3 is 0 Å². The Morgan fingerprint density at radius 3 is 2.65 bits per heavy atom. The normalized spacial score (nSPS) is 14.4. The van der Waals surface area contributed by atoms with Gasteiger partial charge in [-0.05, 0) is 44.3 Å². The number of benzene rings is 1. The fraction of sp³-hybridized carbons (Fsp3) is 0.412. The molecule has 1 aromatic heterocycles. The van der Waals surface area contributed by atoms with E-state index >= 15 is 0 Å². The van der Waals surface area contributed by atoms with Crippen LogP contribution >= 0.6 is 11.3 Å². The summed E-state index contributed by atoms with van der Waals surface area (Å²) in [5, 5.41) is 2.14. The average Bonchev–Trinajstić information content (AvgIpc) is 2.89. The monoisotopic (exact) mass is 288 g/mol. The number of likely N-dealkylation sites (N-methyl/N-ethyl adjacent to an activating group) is 1. The van der Waals surface area contributed by atoms with Gasteiger partial charge in [-0.15, -0.1) is 11.3 Å². The lowest BCUT2D eigenvalue weighted by Gasteiger charge is -2.31. The summed E-state index contributed by atoms with van der Waals surface area (Å²) in [5.41, 5.74) is 8.83. The third-order valence-corrected chi connectivity index (χ3v) is 4.58. The highest BCUT2D eigenvalue weighted by molar-refractivity contribution is 7.09. The molecule has 0 aliphatic rings. The summed E-state index contributed by atoms with van der Waals surface area (Å²) in [4.78, 5) is 3.81. The molecule has 2 nitrogen and oxygen atoms in total. The molecular weight excluding hydrogens is 264 g/mol. The molecule has 2 N–H and O–H groups in total. The molecule has 0 amide bonds. The maximum Gasteiger partial charge on any atom is 0.0493 e. The van der Waals surface area contributed by atoms with E-state index in [0.29, 0.717) is 0 Å². The number of rotatable bonds is 6. The van der Waals surface area contributed by atoms with Crippen molar-refractivity contribution in [2.45, 2.75) is 32.4 Å². The predicted molar refractivity (Wildman–Crippen MR) is 88.2 cm³/mol. The van der Waals surface area contributed by atoms with E-state index < -0.39 is 0 Å². The van der Waals surface area contributed by atoms with E-state index in [4.69, 9.17) is 5.73 Å². The van der Waals surface area contributed by atoms with Crippen molar-refractivity contribution < 1.29 is 0 Å². The molecular formula is C17H24N2S. The topological polar surface area (TPSA) is 29.3 Å². The van der Waals surface area contributed by atoms with Crippen molar-refractivity contribution in [3.63, 3.8) is 0 Å². The van der Waals surface area contributed by atoms with Crippen molar-refractivity contribution in [2.75, 3.05) is 13.6 Å². The number of nitrogens with two attached hydrogens (primary N) is 1. The zero-order valence-electron chi connectivity index (χ0n) is 12.5. The van der Waals surface area contributed by atoms with Gasteiger partial charge < -0.3 is 5.73 Å². The molecule has 0 spiro atoms. The SMILES string of the molecule is Cc1cccc(C(C(C)N)N(C)CCc2cccs2)c1. The van der Waals surface area contributed by atoms with E-state index in [1.165, 1.54) is 16.0 Å². The van der Waals surface area contributed by atoms with Crippen LogP contribution in [0.15, 0.2) is 41.8 Å². The van der Waals surface area contributed by atoms with Crippen LogP contribution in [-0.4, -0.2) is 24.5 Å². The van der Waals surface area contributed by atoms with Crippen LogP contribution in [0.2, 0.25) is 0 Å². The highest BCUT2D eigenvalue weighted by atomic mass is 32.1. The first-order valence-electron chi connectivity index (χ1n) is 7.12. The van der Waals surface area contributed by atoms with Gasteiger partial charge in [-0.25, -0.2) is 0 Å². The summed E-state index contributed by atoms with van der Waals surface area (Å²) in [6.07, 6.45) is 1.09. The molecule has 0 aliphatic heterocycles. The molecule has 108 valence electrons. The zero-order chi connectivity index (χ0) is 14.5. The van der Waals surface area contributed by atoms with E-state index in [1.54, 1.807) is 0 Å². The first-order valence-corrected chi connectivity index (χ1v) is 8.00. The standard InChI is InChI=1S/C17H24N2S/c1-13-6-4-7-15(12-13)17(14(2)18)19(3)10-9-16-8-5-11-20-16/h4-8,11-12,14,17H,9-10,18H2,1-3H3. The summed E-state index contributed by atoms with van der Waals surface area (Å²) in [6, 6.07) is 13.4. The van der Waals surface area contributed by atoms with Gasteiger partial charge in [0.15, 0.2) is 0 Å². The molecule has 2 aromatic rings. The summed E-state index contributed by atoms with van der Waals surface area (Å²) < 4.78 is 0. The second-order valence-electron chi connectivity index (χ2n) is 5.53. The van der Waals surface area contributed by atoms with Gasteiger partial charge in [-0.1, -0.05) is 35.9 Å². The fourth-order valence-electron chi connectivity index (χ4n) is 2.69. The summed E-state index contributed by atoms with van der Waals surface area (Å²) >= 11 is 1.83. The molecule has 2 unspecified atom stereocenters. The number of thiophene rings is 1. The zero-order valence-corrected chi connectivity index (χ0v) is 13.4. The average molecular weight is 288 g/mol. The highest BCUT2D eigenvalue weighted by Gasteiger charge is 2.21. The molecule has 1 aromatic carbocycles. The van der Waals surface area contributed by atoms with E-state index in [9.17, 15) is 0 Å². The molecule has 2 rings (SSSR count).